The van der Waals surface area contributed by atoms with Gasteiger partial charge in [0.1, 0.15) is 6.33 Å². The fourth-order valence-corrected chi connectivity index (χ4v) is 4.62. The van der Waals surface area contributed by atoms with Gasteiger partial charge in [0, 0.05) is 34.2 Å². The Hall–Kier alpha value is -1.99. The van der Waals surface area contributed by atoms with Crippen molar-refractivity contribution in [3.63, 3.8) is 0 Å². The van der Waals surface area contributed by atoms with E-state index in [1.807, 2.05) is 42.5 Å². The maximum absolute atomic E-state index is 11.6. The molecule has 0 bridgehead atoms. The van der Waals surface area contributed by atoms with Gasteiger partial charge in [-0.25, -0.2) is 18.4 Å². The molecule has 2 heterocycles. The van der Waals surface area contributed by atoms with Crippen LogP contribution in [0.15, 0.2) is 53.3 Å². The second-order valence-electron chi connectivity index (χ2n) is 6.07. The quantitative estimate of drug-likeness (QED) is 0.639. The number of aromatic nitrogens is 2. The molecule has 1 aliphatic rings. The standard InChI is InChI=1S/C18H16BrN3O2S/c19-14-3-6-17-16(11-14)18(21-12-20-17)13-1-4-15(5-2-13)22-7-9-25(23,24)10-8-22/h1-6,11-12H,7-10H2. The van der Waals surface area contributed by atoms with Crippen LogP contribution in [0.1, 0.15) is 0 Å². The number of benzene rings is 2. The Labute approximate surface area is 154 Å². The molecule has 3 aromatic rings. The molecule has 0 radical (unpaired) electrons. The van der Waals surface area contributed by atoms with Crippen molar-refractivity contribution in [2.24, 2.45) is 0 Å². The van der Waals surface area contributed by atoms with Gasteiger partial charge in [0.05, 0.1) is 22.7 Å². The van der Waals surface area contributed by atoms with Crippen LogP contribution in [0, 0.1) is 0 Å². The van der Waals surface area contributed by atoms with Gasteiger partial charge in [0.15, 0.2) is 9.84 Å². The smallest absolute Gasteiger partial charge is 0.153 e. The molecule has 0 N–H and O–H groups in total. The maximum atomic E-state index is 11.6. The first-order valence-corrected chi connectivity index (χ1v) is 10.6. The molecule has 25 heavy (non-hydrogen) atoms. The van der Waals surface area contributed by atoms with Crippen LogP contribution < -0.4 is 4.90 Å². The molecule has 1 saturated heterocycles. The van der Waals surface area contributed by atoms with E-state index >= 15 is 0 Å². The van der Waals surface area contributed by atoms with Crippen molar-refractivity contribution < 1.29 is 8.42 Å². The van der Waals surface area contributed by atoms with Gasteiger partial charge in [-0.1, -0.05) is 28.1 Å². The summed E-state index contributed by atoms with van der Waals surface area (Å²) in [5.41, 5.74) is 3.84. The number of fused-ring (bicyclic) bond motifs is 1. The average Bonchev–Trinajstić information content (AvgIpc) is 2.61. The number of hydrogen-bond acceptors (Lipinski definition) is 5. The molecule has 1 aromatic heterocycles. The first-order chi connectivity index (χ1) is 12.0. The van der Waals surface area contributed by atoms with Crippen LogP contribution >= 0.6 is 15.9 Å². The Morgan fingerprint density at radius 3 is 2.40 bits per heavy atom. The van der Waals surface area contributed by atoms with Crippen LogP contribution in [0.3, 0.4) is 0 Å². The summed E-state index contributed by atoms with van der Waals surface area (Å²) in [5, 5.41) is 0.994. The number of halogens is 1. The molecule has 0 unspecified atom stereocenters. The van der Waals surface area contributed by atoms with Crippen LogP contribution in [0.5, 0.6) is 0 Å². The molecule has 5 nitrogen and oxygen atoms in total. The van der Waals surface area contributed by atoms with E-state index in [2.05, 4.69) is 30.8 Å². The highest BCUT2D eigenvalue weighted by Crippen LogP contribution is 2.29. The normalized spacial score (nSPS) is 16.9. The number of hydrogen-bond donors (Lipinski definition) is 0. The van der Waals surface area contributed by atoms with E-state index in [1.54, 1.807) is 6.33 Å². The molecular formula is C18H16BrN3O2S. The van der Waals surface area contributed by atoms with E-state index in [1.165, 1.54) is 0 Å². The van der Waals surface area contributed by atoms with Crippen LogP contribution in [-0.4, -0.2) is 43.0 Å². The van der Waals surface area contributed by atoms with Gasteiger partial charge in [0.25, 0.3) is 0 Å². The average molecular weight is 418 g/mol. The molecule has 2 aromatic carbocycles. The minimum absolute atomic E-state index is 0.222. The molecule has 128 valence electrons. The minimum Gasteiger partial charge on any atom is -0.369 e. The molecular weight excluding hydrogens is 402 g/mol. The van der Waals surface area contributed by atoms with E-state index in [-0.39, 0.29) is 11.5 Å². The Kier molecular flexibility index (Phi) is 4.21. The Morgan fingerprint density at radius 1 is 0.960 bits per heavy atom. The molecule has 0 spiro atoms. The monoisotopic (exact) mass is 417 g/mol. The van der Waals surface area contributed by atoms with Crippen LogP contribution in [-0.2, 0) is 9.84 Å². The van der Waals surface area contributed by atoms with Gasteiger partial charge < -0.3 is 4.90 Å². The molecule has 4 rings (SSSR count). The molecule has 0 amide bonds. The SMILES string of the molecule is O=S1(=O)CCN(c2ccc(-c3ncnc4ccc(Br)cc34)cc2)CC1. The third-order valence-electron chi connectivity index (χ3n) is 4.45. The third-order valence-corrected chi connectivity index (χ3v) is 6.55. The zero-order valence-electron chi connectivity index (χ0n) is 13.4. The number of rotatable bonds is 2. The Bertz CT molecular complexity index is 1020. The van der Waals surface area contributed by atoms with E-state index in [9.17, 15) is 8.42 Å². The summed E-state index contributed by atoms with van der Waals surface area (Å²) in [7, 11) is -2.87. The van der Waals surface area contributed by atoms with Gasteiger partial charge >= 0.3 is 0 Å². The second kappa shape index (κ2) is 6.38. The lowest BCUT2D eigenvalue weighted by molar-refractivity contribution is 0.587. The van der Waals surface area contributed by atoms with Crippen molar-refractivity contribution in [3.8, 4) is 11.3 Å². The lowest BCUT2D eigenvalue weighted by Gasteiger charge is -2.28. The molecule has 0 saturated carbocycles. The largest absolute Gasteiger partial charge is 0.369 e. The highest BCUT2D eigenvalue weighted by Gasteiger charge is 2.21. The molecule has 7 heteroatoms. The summed E-state index contributed by atoms with van der Waals surface area (Å²) in [6, 6.07) is 14.1. The van der Waals surface area contributed by atoms with E-state index < -0.39 is 9.84 Å². The van der Waals surface area contributed by atoms with Gasteiger partial charge in [-0.05, 0) is 30.3 Å². The van der Waals surface area contributed by atoms with Crippen molar-refractivity contribution in [2.45, 2.75) is 0 Å². The first-order valence-electron chi connectivity index (χ1n) is 7.98. The highest BCUT2D eigenvalue weighted by molar-refractivity contribution is 9.10. The Balaban J connectivity index is 1.66. The van der Waals surface area contributed by atoms with E-state index in [4.69, 9.17) is 0 Å². The molecule has 0 atom stereocenters. The number of anilines is 1. The summed E-state index contributed by atoms with van der Waals surface area (Å²) in [6.07, 6.45) is 1.58. The van der Waals surface area contributed by atoms with Gasteiger partial charge in [-0.2, -0.15) is 0 Å². The van der Waals surface area contributed by atoms with Crippen molar-refractivity contribution in [3.05, 3.63) is 53.3 Å². The van der Waals surface area contributed by atoms with Gasteiger partial charge in [-0.3, -0.25) is 0 Å². The number of sulfone groups is 1. The van der Waals surface area contributed by atoms with E-state index in [0.717, 1.165) is 32.3 Å². The van der Waals surface area contributed by atoms with Crippen molar-refractivity contribution in [1.82, 2.24) is 9.97 Å². The summed E-state index contributed by atoms with van der Waals surface area (Å²) >= 11 is 3.50. The zero-order chi connectivity index (χ0) is 17.4. The lowest BCUT2D eigenvalue weighted by Crippen LogP contribution is -2.40. The van der Waals surface area contributed by atoms with Crippen LogP contribution in [0.25, 0.3) is 22.2 Å². The zero-order valence-corrected chi connectivity index (χ0v) is 15.8. The van der Waals surface area contributed by atoms with E-state index in [0.29, 0.717) is 13.1 Å². The van der Waals surface area contributed by atoms with Crippen molar-refractivity contribution in [1.29, 1.82) is 0 Å². The van der Waals surface area contributed by atoms with Crippen LogP contribution in [0.2, 0.25) is 0 Å². The summed E-state index contributed by atoms with van der Waals surface area (Å²) in [5.74, 6) is 0.443. The van der Waals surface area contributed by atoms with Crippen LogP contribution in [0.4, 0.5) is 5.69 Å². The lowest BCUT2D eigenvalue weighted by atomic mass is 10.1. The van der Waals surface area contributed by atoms with Gasteiger partial charge in [0.2, 0.25) is 0 Å². The fraction of sp³-hybridized carbons (Fsp3) is 0.222. The predicted octanol–water partition coefficient (Wildman–Crippen LogP) is 3.29. The second-order valence-corrected chi connectivity index (χ2v) is 9.29. The maximum Gasteiger partial charge on any atom is 0.153 e. The fourth-order valence-electron chi connectivity index (χ4n) is 3.06. The molecule has 1 fully saturated rings. The number of nitrogens with zero attached hydrogens (tertiary/aromatic N) is 3. The predicted molar refractivity (Wildman–Crippen MR) is 104 cm³/mol. The topological polar surface area (TPSA) is 63.2 Å². The first kappa shape index (κ1) is 16.5. The molecule has 0 aliphatic carbocycles. The summed E-state index contributed by atoms with van der Waals surface area (Å²) in [4.78, 5) is 10.9. The third kappa shape index (κ3) is 3.39. The van der Waals surface area contributed by atoms with Crippen molar-refractivity contribution in [2.75, 3.05) is 29.5 Å². The minimum atomic E-state index is -2.87. The Morgan fingerprint density at radius 2 is 1.68 bits per heavy atom. The molecule has 1 aliphatic heterocycles. The summed E-state index contributed by atoms with van der Waals surface area (Å²) in [6.45, 7) is 1.09. The highest BCUT2D eigenvalue weighted by atomic mass is 79.9. The summed E-state index contributed by atoms with van der Waals surface area (Å²) < 4.78 is 24.1. The van der Waals surface area contributed by atoms with Crippen molar-refractivity contribution >= 4 is 42.4 Å². The van der Waals surface area contributed by atoms with Gasteiger partial charge in [-0.15, -0.1) is 0 Å².